The number of sulfonamides is 2. The predicted octanol–water partition coefficient (Wildman–Crippen LogP) is 1.40. The summed E-state index contributed by atoms with van der Waals surface area (Å²) in [6.45, 7) is 9.82. The van der Waals surface area contributed by atoms with Crippen LogP contribution in [0.15, 0.2) is 23.1 Å². The Morgan fingerprint density at radius 1 is 1.03 bits per heavy atom. The van der Waals surface area contributed by atoms with Crippen molar-refractivity contribution in [2.24, 2.45) is 0 Å². The molecule has 10 heteroatoms. The van der Waals surface area contributed by atoms with Crippen molar-refractivity contribution in [1.29, 1.82) is 0 Å². The number of rotatable bonds is 9. The third-order valence-corrected chi connectivity index (χ3v) is 10.5. The van der Waals surface area contributed by atoms with Crippen LogP contribution in [0.25, 0.3) is 0 Å². The first-order valence-electron chi connectivity index (χ1n) is 11.6. The van der Waals surface area contributed by atoms with E-state index in [1.807, 2.05) is 13.0 Å². The van der Waals surface area contributed by atoms with Gasteiger partial charge < -0.3 is 5.32 Å². The first-order chi connectivity index (χ1) is 15.1. The number of piperazine rings is 1. The molecule has 1 unspecified atom stereocenters. The van der Waals surface area contributed by atoms with Gasteiger partial charge in [-0.15, -0.1) is 0 Å². The molecular weight excluding hydrogens is 448 g/mol. The zero-order valence-electron chi connectivity index (χ0n) is 19.6. The van der Waals surface area contributed by atoms with Crippen molar-refractivity contribution < 1.29 is 16.8 Å². The average Bonchev–Trinajstić information content (AvgIpc) is 2.75. The Balaban J connectivity index is 1.79. The highest BCUT2D eigenvalue weighted by atomic mass is 32.2. The largest absolute Gasteiger partial charge is 0.314 e. The number of benzene rings is 1. The number of piperidine rings is 1. The first-order valence-corrected chi connectivity index (χ1v) is 14.7. The number of aryl methyl sites for hydroxylation is 2. The molecule has 1 aromatic rings. The van der Waals surface area contributed by atoms with E-state index < -0.39 is 20.0 Å². The molecule has 1 N–H and O–H groups in total. The van der Waals surface area contributed by atoms with Crippen molar-refractivity contribution in [2.45, 2.75) is 51.0 Å². The Kier molecular flexibility index (Phi) is 8.73. The van der Waals surface area contributed by atoms with Crippen LogP contribution < -0.4 is 5.32 Å². The Bertz CT molecular complexity index is 976. The second-order valence-electron chi connectivity index (χ2n) is 9.02. The first kappa shape index (κ1) is 25.6. The van der Waals surface area contributed by atoms with Crippen molar-refractivity contribution in [3.63, 3.8) is 0 Å². The van der Waals surface area contributed by atoms with Crippen molar-refractivity contribution >= 4 is 20.0 Å². The van der Waals surface area contributed by atoms with Crippen LogP contribution in [0.2, 0.25) is 0 Å². The Hall–Kier alpha value is -1.04. The molecule has 2 heterocycles. The maximum Gasteiger partial charge on any atom is 0.243 e. The summed E-state index contributed by atoms with van der Waals surface area (Å²) in [5.41, 5.74) is 1.68. The van der Waals surface area contributed by atoms with Gasteiger partial charge in [0.1, 0.15) is 0 Å². The molecule has 0 amide bonds. The normalized spacial score (nSPS) is 21.8. The summed E-state index contributed by atoms with van der Waals surface area (Å²) in [6.07, 6.45) is 3.43. The fourth-order valence-corrected chi connectivity index (χ4v) is 7.78. The molecule has 2 aliphatic heterocycles. The molecule has 2 fully saturated rings. The monoisotopic (exact) mass is 486 g/mol. The zero-order valence-corrected chi connectivity index (χ0v) is 21.2. The summed E-state index contributed by atoms with van der Waals surface area (Å²) in [5.74, 6) is -0.202. The minimum absolute atomic E-state index is 0.0376. The van der Waals surface area contributed by atoms with Crippen LogP contribution in [-0.4, -0.2) is 94.5 Å². The molecule has 182 valence electrons. The van der Waals surface area contributed by atoms with Crippen LogP contribution in [0.5, 0.6) is 0 Å². The van der Waals surface area contributed by atoms with Gasteiger partial charge in [0, 0.05) is 51.9 Å². The van der Waals surface area contributed by atoms with E-state index in [1.54, 1.807) is 19.1 Å². The maximum absolute atomic E-state index is 13.6. The standard InChI is InChI=1S/C22H38N4O4S2/c1-19-7-8-22(20(2)18-19)32(29,30)26(15-14-24-11-5-4-6-21(24)3)16-17-31(27,28)25-12-9-23-10-13-25/h7-8,18,21,23H,4-6,9-17H2,1-3H3. The predicted molar refractivity (Wildman–Crippen MR) is 128 cm³/mol. The number of nitrogens with one attached hydrogen (secondary N) is 1. The fourth-order valence-electron chi connectivity index (χ4n) is 4.58. The van der Waals surface area contributed by atoms with E-state index in [0.717, 1.165) is 24.9 Å². The summed E-state index contributed by atoms with van der Waals surface area (Å²) >= 11 is 0. The molecule has 8 nitrogen and oxygen atoms in total. The van der Waals surface area contributed by atoms with Crippen LogP contribution in [-0.2, 0) is 20.0 Å². The van der Waals surface area contributed by atoms with Gasteiger partial charge in [-0.2, -0.15) is 8.61 Å². The van der Waals surface area contributed by atoms with E-state index in [0.29, 0.717) is 44.3 Å². The van der Waals surface area contributed by atoms with E-state index in [2.05, 4.69) is 17.1 Å². The van der Waals surface area contributed by atoms with Gasteiger partial charge >= 0.3 is 0 Å². The molecule has 32 heavy (non-hydrogen) atoms. The minimum Gasteiger partial charge on any atom is -0.314 e. The topological polar surface area (TPSA) is 90.0 Å². The molecule has 1 aromatic carbocycles. The highest BCUT2D eigenvalue weighted by molar-refractivity contribution is 7.90. The lowest BCUT2D eigenvalue weighted by molar-refractivity contribution is 0.152. The molecule has 0 bridgehead atoms. The number of hydrogen-bond acceptors (Lipinski definition) is 6. The molecule has 3 rings (SSSR count). The van der Waals surface area contributed by atoms with Crippen molar-refractivity contribution in [3.05, 3.63) is 29.3 Å². The lowest BCUT2D eigenvalue weighted by atomic mass is 10.0. The van der Waals surface area contributed by atoms with Crippen molar-refractivity contribution in [1.82, 2.24) is 18.8 Å². The molecule has 2 aliphatic rings. The summed E-state index contributed by atoms with van der Waals surface area (Å²) in [7, 11) is -7.33. The summed E-state index contributed by atoms with van der Waals surface area (Å²) in [4.78, 5) is 2.58. The molecule has 2 saturated heterocycles. The molecule has 0 spiro atoms. The minimum atomic E-state index is -3.81. The van der Waals surface area contributed by atoms with E-state index in [-0.39, 0.29) is 23.7 Å². The molecular formula is C22H38N4O4S2. The highest BCUT2D eigenvalue weighted by Crippen LogP contribution is 2.22. The number of nitrogens with zero attached hydrogens (tertiary/aromatic N) is 3. The highest BCUT2D eigenvalue weighted by Gasteiger charge is 2.31. The summed E-state index contributed by atoms with van der Waals surface area (Å²) in [5, 5.41) is 3.15. The van der Waals surface area contributed by atoms with Gasteiger partial charge in [0.25, 0.3) is 0 Å². The van der Waals surface area contributed by atoms with Gasteiger partial charge in [-0.05, 0) is 51.8 Å². The van der Waals surface area contributed by atoms with Crippen LogP contribution in [0, 0.1) is 13.8 Å². The zero-order chi connectivity index (χ0) is 23.4. The van der Waals surface area contributed by atoms with E-state index in [9.17, 15) is 16.8 Å². The van der Waals surface area contributed by atoms with Gasteiger partial charge in [0.15, 0.2) is 0 Å². The quantitative estimate of drug-likeness (QED) is 0.568. The second kappa shape index (κ2) is 10.9. The van der Waals surface area contributed by atoms with Crippen LogP contribution in [0.4, 0.5) is 0 Å². The van der Waals surface area contributed by atoms with Crippen LogP contribution in [0.3, 0.4) is 0 Å². The van der Waals surface area contributed by atoms with Gasteiger partial charge in [0.05, 0.1) is 10.6 Å². The van der Waals surface area contributed by atoms with Gasteiger partial charge in [-0.3, -0.25) is 4.90 Å². The van der Waals surface area contributed by atoms with E-state index in [1.165, 1.54) is 15.0 Å². The average molecular weight is 487 g/mol. The Labute approximate surface area is 194 Å². The van der Waals surface area contributed by atoms with E-state index in [4.69, 9.17) is 0 Å². The second-order valence-corrected chi connectivity index (χ2v) is 13.0. The fraction of sp³-hybridized carbons (Fsp3) is 0.727. The van der Waals surface area contributed by atoms with Gasteiger partial charge in [-0.25, -0.2) is 16.8 Å². The maximum atomic E-state index is 13.6. The Morgan fingerprint density at radius 3 is 2.41 bits per heavy atom. The lowest BCUT2D eigenvalue weighted by Crippen LogP contribution is -2.49. The van der Waals surface area contributed by atoms with E-state index >= 15 is 0 Å². The molecule has 0 saturated carbocycles. The number of likely N-dealkylation sites (tertiary alicyclic amines) is 1. The third-order valence-electron chi connectivity index (χ3n) is 6.59. The number of hydrogen-bond donors (Lipinski definition) is 1. The SMILES string of the molecule is Cc1ccc(S(=O)(=O)N(CCN2CCCCC2C)CCS(=O)(=O)N2CCNCC2)c(C)c1. The van der Waals surface area contributed by atoms with Crippen molar-refractivity contribution in [2.75, 3.05) is 58.1 Å². The molecule has 1 atom stereocenters. The third kappa shape index (κ3) is 6.30. The molecule has 0 aliphatic carbocycles. The van der Waals surface area contributed by atoms with Crippen molar-refractivity contribution in [3.8, 4) is 0 Å². The van der Waals surface area contributed by atoms with Gasteiger partial charge in [-0.1, -0.05) is 24.1 Å². The molecule has 0 aromatic heterocycles. The van der Waals surface area contributed by atoms with Crippen LogP contribution >= 0.6 is 0 Å². The van der Waals surface area contributed by atoms with Crippen LogP contribution in [0.1, 0.15) is 37.3 Å². The smallest absolute Gasteiger partial charge is 0.243 e. The Morgan fingerprint density at radius 2 is 1.75 bits per heavy atom. The molecule has 0 radical (unpaired) electrons. The summed E-state index contributed by atoms with van der Waals surface area (Å²) < 4.78 is 55.8. The summed E-state index contributed by atoms with van der Waals surface area (Å²) in [6, 6.07) is 5.71. The lowest BCUT2D eigenvalue weighted by Gasteiger charge is -2.35. The van der Waals surface area contributed by atoms with Gasteiger partial charge in [0.2, 0.25) is 20.0 Å².